The fourth-order valence-electron chi connectivity index (χ4n) is 2.68. The molecule has 0 heterocycles. The number of hydrogen-bond donors (Lipinski definition) is 1. The van der Waals surface area contributed by atoms with Gasteiger partial charge in [-0.2, -0.15) is 0 Å². The van der Waals surface area contributed by atoms with Crippen molar-refractivity contribution in [2.75, 3.05) is 20.1 Å². The lowest BCUT2D eigenvalue weighted by molar-refractivity contribution is 0.0298. The van der Waals surface area contributed by atoms with E-state index in [0.29, 0.717) is 18.5 Å². The second-order valence-corrected chi connectivity index (χ2v) is 7.28. The Morgan fingerprint density at radius 3 is 2.70 bits per heavy atom. The van der Waals surface area contributed by atoms with Crippen LogP contribution in [0.1, 0.15) is 45.1 Å². The SMILES string of the molecule is CN(CCNC1CC(c2cccc(F)c2)C1)C(=O)OC(C)(C)C. The summed E-state index contributed by atoms with van der Waals surface area (Å²) in [5, 5.41) is 3.44. The molecule has 1 fully saturated rings. The highest BCUT2D eigenvalue weighted by Crippen LogP contribution is 2.36. The van der Waals surface area contributed by atoms with Gasteiger partial charge in [-0.3, -0.25) is 0 Å². The maximum Gasteiger partial charge on any atom is 0.410 e. The van der Waals surface area contributed by atoms with Gasteiger partial charge in [0.1, 0.15) is 11.4 Å². The molecule has 1 aromatic rings. The predicted molar refractivity (Wildman–Crippen MR) is 89.0 cm³/mol. The molecule has 1 aliphatic carbocycles. The number of likely N-dealkylation sites (N-methyl/N-ethyl adjacent to an activating group) is 1. The molecule has 0 unspecified atom stereocenters. The van der Waals surface area contributed by atoms with Crippen molar-refractivity contribution in [2.45, 2.75) is 51.2 Å². The van der Waals surface area contributed by atoms with E-state index < -0.39 is 5.60 Å². The molecule has 23 heavy (non-hydrogen) atoms. The molecule has 0 aliphatic heterocycles. The van der Waals surface area contributed by atoms with Crippen LogP contribution in [0.4, 0.5) is 9.18 Å². The van der Waals surface area contributed by atoms with Crippen LogP contribution in [0.2, 0.25) is 0 Å². The first kappa shape index (κ1) is 17.7. The van der Waals surface area contributed by atoms with Crippen LogP contribution < -0.4 is 5.32 Å². The first-order valence-corrected chi connectivity index (χ1v) is 8.17. The van der Waals surface area contributed by atoms with Crippen LogP contribution in [-0.2, 0) is 4.74 Å². The smallest absolute Gasteiger partial charge is 0.410 e. The van der Waals surface area contributed by atoms with Crippen LogP contribution in [0.5, 0.6) is 0 Å². The molecule has 0 saturated heterocycles. The summed E-state index contributed by atoms with van der Waals surface area (Å²) >= 11 is 0. The van der Waals surface area contributed by atoms with Crippen molar-refractivity contribution in [2.24, 2.45) is 0 Å². The molecule has 1 aliphatic rings. The van der Waals surface area contributed by atoms with Crippen molar-refractivity contribution >= 4 is 6.09 Å². The zero-order valence-corrected chi connectivity index (χ0v) is 14.4. The Morgan fingerprint density at radius 2 is 2.09 bits per heavy atom. The Kier molecular flexibility index (Phi) is 5.63. The van der Waals surface area contributed by atoms with E-state index in [9.17, 15) is 9.18 Å². The fourth-order valence-corrected chi connectivity index (χ4v) is 2.68. The highest BCUT2D eigenvalue weighted by Gasteiger charge is 2.30. The summed E-state index contributed by atoms with van der Waals surface area (Å²) < 4.78 is 18.5. The van der Waals surface area contributed by atoms with Gasteiger partial charge in [-0.05, 0) is 57.2 Å². The summed E-state index contributed by atoms with van der Waals surface area (Å²) in [7, 11) is 1.74. The van der Waals surface area contributed by atoms with Crippen LogP contribution in [0.3, 0.4) is 0 Å². The number of carbonyl (C=O) groups is 1. The van der Waals surface area contributed by atoms with Gasteiger partial charge < -0.3 is 15.0 Å². The number of benzene rings is 1. The Labute approximate surface area is 138 Å². The number of nitrogens with one attached hydrogen (secondary N) is 1. The lowest BCUT2D eigenvalue weighted by Crippen LogP contribution is -2.44. The van der Waals surface area contributed by atoms with Crippen molar-refractivity contribution in [3.63, 3.8) is 0 Å². The van der Waals surface area contributed by atoms with Gasteiger partial charge in [0.15, 0.2) is 0 Å². The van der Waals surface area contributed by atoms with E-state index in [4.69, 9.17) is 4.74 Å². The average molecular weight is 322 g/mol. The molecular formula is C18H27FN2O2. The number of ether oxygens (including phenoxy) is 1. The zero-order chi connectivity index (χ0) is 17.0. The molecular weight excluding hydrogens is 295 g/mol. The lowest BCUT2D eigenvalue weighted by Gasteiger charge is -2.37. The Bertz CT molecular complexity index is 536. The van der Waals surface area contributed by atoms with Gasteiger partial charge in [-0.25, -0.2) is 9.18 Å². The van der Waals surface area contributed by atoms with Gasteiger partial charge >= 0.3 is 6.09 Å². The van der Waals surface area contributed by atoms with Crippen LogP contribution >= 0.6 is 0 Å². The van der Waals surface area contributed by atoms with E-state index in [-0.39, 0.29) is 11.9 Å². The van der Waals surface area contributed by atoms with E-state index in [1.54, 1.807) is 24.1 Å². The summed E-state index contributed by atoms with van der Waals surface area (Å²) in [5.41, 5.74) is 0.610. The highest BCUT2D eigenvalue weighted by atomic mass is 19.1. The van der Waals surface area contributed by atoms with Crippen molar-refractivity contribution < 1.29 is 13.9 Å². The minimum absolute atomic E-state index is 0.169. The highest BCUT2D eigenvalue weighted by molar-refractivity contribution is 5.67. The van der Waals surface area contributed by atoms with Gasteiger partial charge in [0.2, 0.25) is 0 Å². The summed E-state index contributed by atoms with van der Waals surface area (Å²) in [6.07, 6.45) is 1.73. The number of carbonyl (C=O) groups excluding carboxylic acids is 1. The van der Waals surface area contributed by atoms with Gasteiger partial charge in [0.05, 0.1) is 0 Å². The predicted octanol–water partition coefficient (Wildman–Crippen LogP) is 3.53. The number of amides is 1. The topological polar surface area (TPSA) is 41.6 Å². The van der Waals surface area contributed by atoms with Crippen molar-refractivity contribution in [1.82, 2.24) is 10.2 Å². The van der Waals surface area contributed by atoms with Crippen molar-refractivity contribution in [1.29, 1.82) is 0 Å². The summed E-state index contributed by atoms with van der Waals surface area (Å²) in [6, 6.07) is 7.29. The van der Waals surface area contributed by atoms with Crippen molar-refractivity contribution in [3.8, 4) is 0 Å². The molecule has 128 valence electrons. The third kappa shape index (κ3) is 5.50. The normalized spacial score (nSPS) is 20.7. The van der Waals surface area contributed by atoms with Gasteiger partial charge in [0.25, 0.3) is 0 Å². The molecule has 1 saturated carbocycles. The van der Waals surface area contributed by atoms with Gasteiger partial charge in [-0.1, -0.05) is 12.1 Å². The molecule has 4 nitrogen and oxygen atoms in total. The average Bonchev–Trinajstić information content (AvgIpc) is 2.39. The van der Waals surface area contributed by atoms with Gasteiger partial charge in [-0.15, -0.1) is 0 Å². The first-order chi connectivity index (χ1) is 10.7. The lowest BCUT2D eigenvalue weighted by atomic mass is 9.76. The number of nitrogens with zero attached hydrogens (tertiary/aromatic N) is 1. The Hall–Kier alpha value is -1.62. The second kappa shape index (κ2) is 7.30. The third-order valence-electron chi connectivity index (χ3n) is 4.04. The molecule has 0 spiro atoms. The Balaban J connectivity index is 1.64. The summed E-state index contributed by atoms with van der Waals surface area (Å²) in [5.74, 6) is 0.268. The maximum atomic E-state index is 13.2. The van der Waals surface area contributed by atoms with Crippen LogP contribution in [0.25, 0.3) is 0 Å². The second-order valence-electron chi connectivity index (χ2n) is 7.28. The van der Waals surface area contributed by atoms with Crippen molar-refractivity contribution in [3.05, 3.63) is 35.6 Å². The summed E-state index contributed by atoms with van der Waals surface area (Å²) in [4.78, 5) is 13.4. The monoisotopic (exact) mass is 322 g/mol. The molecule has 1 N–H and O–H groups in total. The molecule has 5 heteroatoms. The minimum atomic E-state index is -0.467. The van der Waals surface area contributed by atoms with Crippen LogP contribution in [0, 0.1) is 5.82 Å². The fraction of sp³-hybridized carbons (Fsp3) is 0.611. The molecule has 0 atom stereocenters. The molecule has 1 aromatic carbocycles. The maximum absolute atomic E-state index is 13.2. The minimum Gasteiger partial charge on any atom is -0.444 e. The van der Waals surface area contributed by atoms with E-state index in [0.717, 1.165) is 24.9 Å². The van der Waals surface area contributed by atoms with Gasteiger partial charge in [0, 0.05) is 26.2 Å². The molecule has 0 aromatic heterocycles. The molecule has 0 bridgehead atoms. The standard InChI is InChI=1S/C18H27FN2O2/c1-18(2,3)23-17(22)21(4)9-8-20-16-11-14(12-16)13-6-5-7-15(19)10-13/h5-7,10,14,16,20H,8-9,11-12H2,1-4H3. The van der Waals surface area contributed by atoms with E-state index >= 15 is 0 Å². The third-order valence-corrected chi connectivity index (χ3v) is 4.04. The van der Waals surface area contributed by atoms with E-state index in [1.807, 2.05) is 26.8 Å². The van der Waals surface area contributed by atoms with Crippen LogP contribution in [-0.4, -0.2) is 42.8 Å². The number of hydrogen-bond acceptors (Lipinski definition) is 3. The zero-order valence-electron chi connectivity index (χ0n) is 14.4. The number of halogens is 1. The number of rotatable bonds is 5. The molecule has 1 amide bonds. The molecule has 2 rings (SSSR count). The quantitative estimate of drug-likeness (QED) is 0.902. The first-order valence-electron chi connectivity index (χ1n) is 8.17. The molecule has 0 radical (unpaired) electrons. The summed E-state index contributed by atoms with van der Waals surface area (Å²) in [6.45, 7) is 6.92. The largest absolute Gasteiger partial charge is 0.444 e. The van der Waals surface area contributed by atoms with E-state index in [1.165, 1.54) is 6.07 Å². The van der Waals surface area contributed by atoms with Crippen LogP contribution in [0.15, 0.2) is 24.3 Å². The Morgan fingerprint density at radius 1 is 1.39 bits per heavy atom. The van der Waals surface area contributed by atoms with E-state index in [2.05, 4.69) is 5.32 Å².